The molecule has 33 heavy (non-hydrogen) atoms. The van der Waals surface area contributed by atoms with Crippen molar-refractivity contribution < 1.29 is 23.6 Å². The first-order chi connectivity index (χ1) is 16.0. The standard InChI is InChI=1S/C23H16ClN3O6/c24-15-3-1-4-18(9-15)31-14-20-6-7-22(33-20)23(28)26-16-10-17(27(29)30)12-21(11-16)32-19-5-2-8-25-13-19/h1-13H,14H2,(H,26,28). The van der Waals surface area contributed by atoms with Gasteiger partial charge in [-0.3, -0.25) is 19.9 Å². The van der Waals surface area contributed by atoms with Crippen molar-refractivity contribution in [2.24, 2.45) is 0 Å². The fourth-order valence-corrected chi connectivity index (χ4v) is 3.03. The third-order valence-corrected chi connectivity index (χ3v) is 4.53. The van der Waals surface area contributed by atoms with Gasteiger partial charge in [0.25, 0.3) is 11.6 Å². The van der Waals surface area contributed by atoms with Crippen LogP contribution in [-0.4, -0.2) is 15.8 Å². The number of anilines is 1. The second-order valence-corrected chi connectivity index (χ2v) is 7.17. The normalized spacial score (nSPS) is 10.5. The van der Waals surface area contributed by atoms with Crippen molar-refractivity contribution in [3.8, 4) is 17.2 Å². The average molecular weight is 466 g/mol. The number of pyridine rings is 1. The molecule has 0 spiro atoms. The molecule has 166 valence electrons. The Morgan fingerprint density at radius 1 is 1.06 bits per heavy atom. The van der Waals surface area contributed by atoms with E-state index in [0.29, 0.717) is 22.3 Å². The smallest absolute Gasteiger partial charge is 0.291 e. The van der Waals surface area contributed by atoms with E-state index in [1.54, 1.807) is 48.7 Å². The molecule has 0 unspecified atom stereocenters. The molecule has 0 saturated carbocycles. The summed E-state index contributed by atoms with van der Waals surface area (Å²) in [5.74, 6) is 0.966. The summed E-state index contributed by atoms with van der Waals surface area (Å²) in [4.78, 5) is 27.3. The predicted octanol–water partition coefficient (Wildman–Crippen LogP) is 5.86. The van der Waals surface area contributed by atoms with Crippen LogP contribution in [0, 0.1) is 10.1 Å². The van der Waals surface area contributed by atoms with E-state index in [0.717, 1.165) is 0 Å². The third kappa shape index (κ3) is 5.86. The zero-order chi connectivity index (χ0) is 23.2. The van der Waals surface area contributed by atoms with E-state index in [1.165, 1.54) is 30.5 Å². The summed E-state index contributed by atoms with van der Waals surface area (Å²) in [5.41, 5.74) is -0.0806. The zero-order valence-electron chi connectivity index (χ0n) is 16.9. The van der Waals surface area contributed by atoms with Crippen LogP contribution in [0.4, 0.5) is 11.4 Å². The molecule has 0 bridgehead atoms. The fourth-order valence-electron chi connectivity index (χ4n) is 2.84. The fraction of sp³-hybridized carbons (Fsp3) is 0.0435. The topological polar surface area (TPSA) is 117 Å². The Bertz CT molecular complexity index is 1290. The van der Waals surface area contributed by atoms with Crippen molar-refractivity contribution in [2.75, 3.05) is 5.32 Å². The number of hydrogen-bond donors (Lipinski definition) is 1. The molecular weight excluding hydrogens is 450 g/mol. The molecule has 0 fully saturated rings. The number of carbonyl (C=O) groups is 1. The van der Waals surface area contributed by atoms with E-state index >= 15 is 0 Å². The summed E-state index contributed by atoms with van der Waals surface area (Å²) in [6.07, 6.45) is 3.04. The largest absolute Gasteiger partial charge is 0.486 e. The highest BCUT2D eigenvalue weighted by molar-refractivity contribution is 6.30. The molecule has 0 radical (unpaired) electrons. The van der Waals surface area contributed by atoms with E-state index in [2.05, 4.69) is 10.3 Å². The summed E-state index contributed by atoms with van der Waals surface area (Å²) in [5, 5.41) is 14.4. The molecule has 1 amide bonds. The van der Waals surface area contributed by atoms with Gasteiger partial charge in [-0.15, -0.1) is 0 Å². The highest BCUT2D eigenvalue weighted by atomic mass is 35.5. The quantitative estimate of drug-likeness (QED) is 0.256. The summed E-state index contributed by atoms with van der Waals surface area (Å²) in [7, 11) is 0. The van der Waals surface area contributed by atoms with Crippen molar-refractivity contribution in [3.05, 3.63) is 106 Å². The molecule has 9 nitrogen and oxygen atoms in total. The Balaban J connectivity index is 1.46. The number of nitro groups is 1. The van der Waals surface area contributed by atoms with Gasteiger partial charge in [-0.2, -0.15) is 0 Å². The van der Waals surface area contributed by atoms with E-state index in [-0.39, 0.29) is 29.5 Å². The summed E-state index contributed by atoms with van der Waals surface area (Å²) in [6, 6.07) is 17.2. The van der Waals surface area contributed by atoms with Gasteiger partial charge in [0.15, 0.2) is 5.76 Å². The Hall–Kier alpha value is -4.37. The maximum Gasteiger partial charge on any atom is 0.291 e. The minimum absolute atomic E-state index is 0.0147. The number of rotatable bonds is 8. The van der Waals surface area contributed by atoms with Crippen LogP contribution < -0.4 is 14.8 Å². The molecule has 0 aliphatic carbocycles. The van der Waals surface area contributed by atoms with Crippen molar-refractivity contribution in [3.63, 3.8) is 0 Å². The number of non-ortho nitro benzene ring substituents is 1. The number of ether oxygens (including phenoxy) is 2. The second kappa shape index (κ2) is 9.84. The molecule has 2 aromatic heterocycles. The maximum atomic E-state index is 12.6. The first-order valence-electron chi connectivity index (χ1n) is 9.62. The van der Waals surface area contributed by atoms with Crippen LogP contribution in [0.3, 0.4) is 0 Å². The lowest BCUT2D eigenvalue weighted by atomic mass is 10.2. The molecule has 1 N–H and O–H groups in total. The van der Waals surface area contributed by atoms with Crippen LogP contribution in [0.15, 0.2) is 83.5 Å². The number of nitrogens with one attached hydrogen (secondary N) is 1. The first-order valence-corrected chi connectivity index (χ1v) is 10.00. The Labute approximate surface area is 192 Å². The van der Waals surface area contributed by atoms with Crippen LogP contribution in [0.2, 0.25) is 5.02 Å². The Kier molecular flexibility index (Phi) is 6.51. The number of carbonyl (C=O) groups excluding carboxylic acids is 1. The number of benzene rings is 2. The molecule has 0 aliphatic rings. The first kappa shape index (κ1) is 21.8. The number of furan rings is 1. The zero-order valence-corrected chi connectivity index (χ0v) is 17.7. The monoisotopic (exact) mass is 465 g/mol. The third-order valence-electron chi connectivity index (χ3n) is 4.29. The molecule has 0 aliphatic heterocycles. The minimum Gasteiger partial charge on any atom is -0.486 e. The lowest BCUT2D eigenvalue weighted by molar-refractivity contribution is -0.384. The number of aromatic nitrogens is 1. The number of hydrogen-bond acceptors (Lipinski definition) is 7. The van der Waals surface area contributed by atoms with Crippen molar-refractivity contribution in [1.82, 2.24) is 4.98 Å². The number of nitrogens with zero attached hydrogens (tertiary/aromatic N) is 2. The van der Waals surface area contributed by atoms with Gasteiger partial charge in [0.1, 0.15) is 29.6 Å². The summed E-state index contributed by atoms with van der Waals surface area (Å²) >= 11 is 5.93. The number of halogens is 1. The molecule has 10 heteroatoms. The Morgan fingerprint density at radius 3 is 2.67 bits per heavy atom. The van der Waals surface area contributed by atoms with E-state index in [4.69, 9.17) is 25.5 Å². The van der Waals surface area contributed by atoms with Gasteiger partial charge in [0, 0.05) is 23.4 Å². The summed E-state index contributed by atoms with van der Waals surface area (Å²) in [6.45, 7) is 0.0908. The van der Waals surface area contributed by atoms with Crippen molar-refractivity contribution in [2.45, 2.75) is 6.61 Å². The molecule has 4 rings (SSSR count). The van der Waals surface area contributed by atoms with Crippen LogP contribution in [0.5, 0.6) is 17.2 Å². The van der Waals surface area contributed by atoms with Gasteiger partial charge in [-0.25, -0.2) is 0 Å². The molecule has 0 atom stereocenters. The molecule has 4 aromatic rings. The van der Waals surface area contributed by atoms with E-state index in [1.807, 2.05) is 0 Å². The van der Waals surface area contributed by atoms with Gasteiger partial charge in [0.05, 0.1) is 22.9 Å². The molecule has 0 saturated heterocycles. The second-order valence-electron chi connectivity index (χ2n) is 6.73. The van der Waals surface area contributed by atoms with Gasteiger partial charge in [0.2, 0.25) is 0 Å². The lowest BCUT2D eigenvalue weighted by Crippen LogP contribution is -2.11. The Morgan fingerprint density at radius 2 is 1.91 bits per heavy atom. The van der Waals surface area contributed by atoms with Gasteiger partial charge < -0.3 is 19.2 Å². The van der Waals surface area contributed by atoms with Crippen LogP contribution in [-0.2, 0) is 6.61 Å². The highest BCUT2D eigenvalue weighted by Gasteiger charge is 2.16. The van der Waals surface area contributed by atoms with Crippen LogP contribution >= 0.6 is 11.6 Å². The van der Waals surface area contributed by atoms with E-state index < -0.39 is 10.8 Å². The molecule has 2 aromatic carbocycles. The maximum absolute atomic E-state index is 12.6. The SMILES string of the molecule is O=C(Nc1cc(Oc2cccnc2)cc([N+](=O)[O-])c1)c1ccc(COc2cccc(Cl)c2)o1. The summed E-state index contributed by atoms with van der Waals surface area (Å²) < 4.78 is 16.7. The van der Waals surface area contributed by atoms with Gasteiger partial charge in [-0.05, 0) is 42.5 Å². The molecular formula is C23H16ClN3O6. The van der Waals surface area contributed by atoms with E-state index in [9.17, 15) is 14.9 Å². The molecule has 2 heterocycles. The lowest BCUT2D eigenvalue weighted by Gasteiger charge is -2.08. The highest BCUT2D eigenvalue weighted by Crippen LogP contribution is 2.30. The van der Waals surface area contributed by atoms with Crippen molar-refractivity contribution >= 4 is 28.9 Å². The average Bonchev–Trinajstić information content (AvgIpc) is 3.28. The van der Waals surface area contributed by atoms with Crippen LogP contribution in [0.1, 0.15) is 16.3 Å². The van der Waals surface area contributed by atoms with Crippen LogP contribution in [0.25, 0.3) is 0 Å². The van der Waals surface area contributed by atoms with Crippen molar-refractivity contribution in [1.29, 1.82) is 0 Å². The van der Waals surface area contributed by atoms with Gasteiger partial charge >= 0.3 is 0 Å². The predicted molar refractivity (Wildman–Crippen MR) is 120 cm³/mol. The number of nitro benzene ring substituents is 1. The number of amides is 1. The van der Waals surface area contributed by atoms with Gasteiger partial charge in [-0.1, -0.05) is 17.7 Å². The minimum atomic E-state index is -0.586.